The number of aromatic nitrogens is 1. The lowest BCUT2D eigenvalue weighted by Crippen LogP contribution is -2.32. The molecule has 4 aromatic rings. The Morgan fingerprint density at radius 3 is 2.52 bits per heavy atom. The van der Waals surface area contributed by atoms with Gasteiger partial charge in [0.1, 0.15) is 16.8 Å². The number of para-hydroxylation sites is 1. The molecule has 0 saturated carbocycles. The lowest BCUT2D eigenvalue weighted by molar-refractivity contribution is -0.122. The standard InChI is InChI=1S/C28H19BrFN3O5S2/c29-14-6-11-19(38-13-20(34)31-16-4-2-1-3-5-16)18(12-14)21-22-24(39-25-23(21)40-28(37)32-25)27(36)33(26(22)35)17-9-7-15(30)8-10-17/h1-12,21-22,24H,13H2,(H,31,34)(H,32,37)/t21-,22?,24?/m1/s1. The number of benzene rings is 3. The first-order chi connectivity index (χ1) is 19.3. The average molecular weight is 641 g/mol. The van der Waals surface area contributed by atoms with E-state index in [1.54, 1.807) is 42.5 Å². The van der Waals surface area contributed by atoms with Crippen molar-refractivity contribution in [2.75, 3.05) is 16.8 Å². The second-order valence-corrected chi connectivity index (χ2v) is 12.2. The number of hydrogen-bond acceptors (Lipinski definition) is 7. The molecule has 40 heavy (non-hydrogen) atoms. The zero-order chi connectivity index (χ0) is 28.0. The number of ether oxygens (including phenoxy) is 1. The van der Waals surface area contributed by atoms with Gasteiger partial charge in [-0.2, -0.15) is 0 Å². The number of carbonyl (C=O) groups is 3. The van der Waals surface area contributed by atoms with E-state index in [1.165, 1.54) is 24.3 Å². The number of hydrogen-bond donors (Lipinski definition) is 2. The van der Waals surface area contributed by atoms with E-state index in [0.717, 1.165) is 28.0 Å². The number of H-pyrrole nitrogens is 1. The van der Waals surface area contributed by atoms with Crippen LogP contribution in [0.3, 0.4) is 0 Å². The quantitative estimate of drug-likeness (QED) is 0.283. The van der Waals surface area contributed by atoms with E-state index >= 15 is 0 Å². The van der Waals surface area contributed by atoms with Crippen molar-refractivity contribution in [2.45, 2.75) is 16.2 Å². The molecule has 0 spiro atoms. The first kappa shape index (κ1) is 26.5. The van der Waals surface area contributed by atoms with Gasteiger partial charge in [0, 0.05) is 26.5 Å². The first-order valence-corrected chi connectivity index (χ1v) is 14.6. The molecule has 3 aromatic carbocycles. The second kappa shape index (κ2) is 10.7. The summed E-state index contributed by atoms with van der Waals surface area (Å²) < 4.78 is 20.2. The smallest absolute Gasteiger partial charge is 0.305 e. The Kier molecular flexibility index (Phi) is 7.07. The van der Waals surface area contributed by atoms with Crippen molar-refractivity contribution in [2.24, 2.45) is 5.92 Å². The molecule has 8 nitrogen and oxygen atoms in total. The third kappa shape index (κ3) is 4.87. The normalized spacial score (nSPS) is 19.8. The monoisotopic (exact) mass is 639 g/mol. The molecule has 0 bridgehead atoms. The molecule has 6 rings (SSSR count). The van der Waals surface area contributed by atoms with E-state index < -0.39 is 34.7 Å². The van der Waals surface area contributed by atoms with Crippen LogP contribution in [0.2, 0.25) is 0 Å². The molecule has 2 aliphatic rings. The molecule has 0 radical (unpaired) electrons. The number of imide groups is 1. The number of rotatable bonds is 6. The fraction of sp³-hybridized carbons (Fsp3) is 0.143. The van der Waals surface area contributed by atoms with Gasteiger partial charge in [0.15, 0.2) is 6.61 Å². The molecule has 3 atom stereocenters. The van der Waals surface area contributed by atoms with Crippen molar-refractivity contribution < 1.29 is 23.5 Å². The molecule has 1 aromatic heterocycles. The number of thiazole rings is 1. The average Bonchev–Trinajstić information content (AvgIpc) is 3.43. The number of halogens is 2. The van der Waals surface area contributed by atoms with Gasteiger partial charge in [-0.1, -0.05) is 57.2 Å². The van der Waals surface area contributed by atoms with Crippen LogP contribution in [0.25, 0.3) is 0 Å². The fourth-order valence-electron chi connectivity index (χ4n) is 4.95. The van der Waals surface area contributed by atoms with Crippen molar-refractivity contribution in [3.8, 4) is 5.75 Å². The molecule has 202 valence electrons. The lowest BCUT2D eigenvalue weighted by atomic mass is 9.82. The molecule has 2 N–H and O–H groups in total. The summed E-state index contributed by atoms with van der Waals surface area (Å²) in [7, 11) is 0. The number of nitrogens with zero attached hydrogens (tertiary/aromatic N) is 1. The van der Waals surface area contributed by atoms with Crippen LogP contribution in [0.4, 0.5) is 15.8 Å². The Bertz CT molecular complexity index is 1690. The maximum Gasteiger partial charge on any atom is 0.305 e. The predicted molar refractivity (Wildman–Crippen MR) is 154 cm³/mol. The molecule has 2 unspecified atom stereocenters. The van der Waals surface area contributed by atoms with Gasteiger partial charge in [-0.25, -0.2) is 9.29 Å². The molecule has 12 heteroatoms. The number of amides is 3. The number of fused-ring (bicyclic) bond motifs is 2. The van der Waals surface area contributed by atoms with Gasteiger partial charge < -0.3 is 15.0 Å². The Hall–Kier alpha value is -3.74. The number of carbonyl (C=O) groups excluding carboxylic acids is 3. The third-order valence-corrected chi connectivity index (χ3v) is 9.53. The molecule has 1 fully saturated rings. The van der Waals surface area contributed by atoms with Crippen molar-refractivity contribution >= 4 is 68.1 Å². The van der Waals surface area contributed by atoms with Crippen molar-refractivity contribution in [1.29, 1.82) is 0 Å². The minimum absolute atomic E-state index is 0.269. The highest BCUT2D eigenvalue weighted by Crippen LogP contribution is 2.54. The number of nitrogens with one attached hydrogen (secondary N) is 2. The van der Waals surface area contributed by atoms with Gasteiger partial charge in [-0.05, 0) is 54.6 Å². The van der Waals surface area contributed by atoms with Crippen LogP contribution < -0.4 is 19.8 Å². The highest BCUT2D eigenvalue weighted by Gasteiger charge is 2.56. The zero-order valence-electron chi connectivity index (χ0n) is 20.4. The summed E-state index contributed by atoms with van der Waals surface area (Å²) in [6, 6.07) is 19.3. The lowest BCUT2D eigenvalue weighted by Gasteiger charge is -2.31. The van der Waals surface area contributed by atoms with Crippen molar-refractivity contribution in [3.05, 3.63) is 103 Å². The van der Waals surface area contributed by atoms with Crippen molar-refractivity contribution in [1.82, 2.24) is 4.98 Å². The first-order valence-electron chi connectivity index (χ1n) is 12.1. The minimum Gasteiger partial charge on any atom is -0.483 e. The van der Waals surface area contributed by atoms with E-state index in [0.29, 0.717) is 31.4 Å². The fourth-order valence-corrected chi connectivity index (χ4v) is 7.84. The summed E-state index contributed by atoms with van der Waals surface area (Å²) in [5.74, 6) is -3.01. The zero-order valence-corrected chi connectivity index (χ0v) is 23.6. The molecule has 1 saturated heterocycles. The number of anilines is 2. The van der Waals surface area contributed by atoms with Gasteiger partial charge >= 0.3 is 4.87 Å². The van der Waals surface area contributed by atoms with Gasteiger partial charge in [0.2, 0.25) is 11.8 Å². The summed E-state index contributed by atoms with van der Waals surface area (Å²) in [6.07, 6.45) is 0. The Morgan fingerprint density at radius 1 is 1.02 bits per heavy atom. The predicted octanol–water partition coefficient (Wildman–Crippen LogP) is 5.15. The molecule has 0 aliphatic carbocycles. The van der Waals surface area contributed by atoms with Gasteiger partial charge in [0.25, 0.3) is 5.91 Å². The Labute approximate surface area is 243 Å². The van der Waals surface area contributed by atoms with Crippen LogP contribution in [0.15, 0.2) is 87.1 Å². The van der Waals surface area contributed by atoms with Crippen LogP contribution in [-0.4, -0.2) is 34.6 Å². The van der Waals surface area contributed by atoms with Crippen LogP contribution in [0.5, 0.6) is 5.75 Å². The van der Waals surface area contributed by atoms with Gasteiger partial charge in [-0.3, -0.25) is 19.2 Å². The van der Waals surface area contributed by atoms with E-state index in [-0.39, 0.29) is 23.1 Å². The molecule has 3 amide bonds. The number of aromatic amines is 1. The Balaban J connectivity index is 1.37. The van der Waals surface area contributed by atoms with Crippen LogP contribution >= 0.6 is 39.0 Å². The van der Waals surface area contributed by atoms with E-state index in [4.69, 9.17) is 4.74 Å². The van der Waals surface area contributed by atoms with Gasteiger partial charge in [-0.15, -0.1) is 0 Å². The summed E-state index contributed by atoms with van der Waals surface area (Å²) in [6.45, 7) is -0.302. The molecule has 3 heterocycles. The van der Waals surface area contributed by atoms with Crippen LogP contribution in [-0.2, 0) is 14.4 Å². The number of thioether (sulfide) groups is 1. The van der Waals surface area contributed by atoms with Crippen LogP contribution in [0.1, 0.15) is 16.4 Å². The van der Waals surface area contributed by atoms with E-state index in [2.05, 4.69) is 26.2 Å². The highest BCUT2D eigenvalue weighted by atomic mass is 79.9. The third-order valence-electron chi connectivity index (χ3n) is 6.63. The van der Waals surface area contributed by atoms with E-state index in [9.17, 15) is 23.6 Å². The SMILES string of the molecule is O=C(COc1ccc(Br)cc1[C@H]1c2sc(=O)[nH]c2SC2C(=O)N(c3ccc(F)cc3)C(=O)C21)Nc1ccccc1. The molecular weight excluding hydrogens is 621 g/mol. The van der Waals surface area contributed by atoms with Crippen molar-refractivity contribution in [3.63, 3.8) is 0 Å². The van der Waals surface area contributed by atoms with Crippen LogP contribution in [0, 0.1) is 11.7 Å². The maximum atomic E-state index is 13.9. The Morgan fingerprint density at radius 2 is 1.77 bits per heavy atom. The topological polar surface area (TPSA) is 109 Å². The minimum atomic E-state index is -0.865. The summed E-state index contributed by atoms with van der Waals surface area (Å²) in [5.41, 5.74) is 1.44. The highest BCUT2D eigenvalue weighted by molar-refractivity contribution is 9.10. The van der Waals surface area contributed by atoms with E-state index in [1.807, 2.05) is 6.07 Å². The molecule has 2 aliphatic heterocycles. The summed E-state index contributed by atoms with van der Waals surface area (Å²) in [5, 5.41) is 2.45. The summed E-state index contributed by atoms with van der Waals surface area (Å²) >= 11 is 5.60. The second-order valence-electron chi connectivity index (χ2n) is 9.12. The maximum absolute atomic E-state index is 13.9. The largest absolute Gasteiger partial charge is 0.483 e. The summed E-state index contributed by atoms with van der Waals surface area (Å²) in [4.78, 5) is 56.7. The van der Waals surface area contributed by atoms with Gasteiger partial charge in [0.05, 0.1) is 16.6 Å². The molecular formula is C28H19BrFN3O5S2.